The van der Waals surface area contributed by atoms with Gasteiger partial charge in [0.05, 0.1) is 6.54 Å². The number of nitrogen functional groups attached to an aromatic ring is 1. The van der Waals surface area contributed by atoms with Gasteiger partial charge in [0.25, 0.3) is 0 Å². The summed E-state index contributed by atoms with van der Waals surface area (Å²) < 4.78 is 0. The van der Waals surface area contributed by atoms with Crippen molar-refractivity contribution in [2.75, 3.05) is 12.5 Å². The number of aryl methyl sites for hydroxylation is 1. The van der Waals surface area contributed by atoms with Crippen LogP contribution in [0.5, 0.6) is 0 Å². The number of pyridine rings is 1. The first-order chi connectivity index (χ1) is 9.17. The molecule has 2 heterocycles. The summed E-state index contributed by atoms with van der Waals surface area (Å²) in [7, 11) is 2.03. The van der Waals surface area contributed by atoms with Crippen LogP contribution in [0.25, 0.3) is 0 Å². The van der Waals surface area contributed by atoms with Gasteiger partial charge < -0.3 is 5.43 Å². The normalized spacial score (nSPS) is 10.7. The molecule has 0 aromatic carbocycles. The molecule has 6 heteroatoms. The quantitative estimate of drug-likeness (QED) is 0.617. The highest BCUT2D eigenvalue weighted by Gasteiger charge is 2.06. The summed E-state index contributed by atoms with van der Waals surface area (Å²) >= 11 is 0. The monoisotopic (exact) mass is 258 g/mol. The molecule has 0 spiro atoms. The second-order valence-corrected chi connectivity index (χ2v) is 4.48. The minimum absolute atomic E-state index is 0.639. The second kappa shape index (κ2) is 6.21. The van der Waals surface area contributed by atoms with Crippen molar-refractivity contribution in [2.24, 2.45) is 5.84 Å². The van der Waals surface area contributed by atoms with E-state index in [1.54, 1.807) is 12.4 Å². The van der Waals surface area contributed by atoms with Gasteiger partial charge in [0.2, 0.25) is 0 Å². The van der Waals surface area contributed by atoms with Crippen LogP contribution < -0.4 is 11.3 Å². The van der Waals surface area contributed by atoms with Gasteiger partial charge in [-0.25, -0.2) is 15.8 Å². The number of hydrogen-bond acceptors (Lipinski definition) is 6. The number of hydrogen-bond donors (Lipinski definition) is 2. The predicted molar refractivity (Wildman–Crippen MR) is 74.0 cm³/mol. The molecule has 0 saturated heterocycles. The van der Waals surface area contributed by atoms with Crippen LogP contribution in [0.15, 0.2) is 30.6 Å². The Balaban J connectivity index is 2.02. The number of nitrogens with zero attached hydrogens (tertiary/aromatic N) is 4. The number of aromatic nitrogens is 3. The van der Waals surface area contributed by atoms with Gasteiger partial charge in [0.15, 0.2) is 0 Å². The maximum Gasteiger partial charge on any atom is 0.145 e. The average molecular weight is 258 g/mol. The number of rotatable bonds is 5. The molecule has 0 bridgehead atoms. The Morgan fingerprint density at radius 3 is 2.63 bits per heavy atom. The molecule has 0 fully saturated rings. The Morgan fingerprint density at radius 1 is 1.21 bits per heavy atom. The minimum Gasteiger partial charge on any atom is -0.308 e. The molecule has 100 valence electrons. The van der Waals surface area contributed by atoms with Crippen molar-refractivity contribution in [1.29, 1.82) is 0 Å². The molecular weight excluding hydrogens is 240 g/mol. The van der Waals surface area contributed by atoms with E-state index in [1.165, 1.54) is 5.56 Å². The fraction of sp³-hybridized carbons (Fsp3) is 0.308. The highest BCUT2D eigenvalue weighted by atomic mass is 15.3. The smallest absolute Gasteiger partial charge is 0.145 e. The number of hydrazine groups is 1. The third-order valence-electron chi connectivity index (χ3n) is 2.66. The highest BCUT2D eigenvalue weighted by Crippen LogP contribution is 2.08. The van der Waals surface area contributed by atoms with Gasteiger partial charge in [-0.2, -0.15) is 0 Å². The number of nitrogens with two attached hydrogens (primary N) is 1. The zero-order chi connectivity index (χ0) is 13.7. The maximum atomic E-state index is 5.38. The highest BCUT2D eigenvalue weighted by molar-refractivity contribution is 5.33. The van der Waals surface area contributed by atoms with Gasteiger partial charge in [-0.3, -0.25) is 9.88 Å². The lowest BCUT2D eigenvalue weighted by molar-refractivity contribution is 0.310. The molecule has 0 radical (unpaired) electrons. The zero-order valence-corrected chi connectivity index (χ0v) is 11.2. The molecular formula is C13H18N6. The maximum absolute atomic E-state index is 5.38. The van der Waals surface area contributed by atoms with Crippen LogP contribution >= 0.6 is 0 Å². The average Bonchev–Trinajstić information content (AvgIpc) is 2.38. The largest absolute Gasteiger partial charge is 0.308 e. The van der Waals surface area contributed by atoms with Crippen molar-refractivity contribution in [3.63, 3.8) is 0 Å². The van der Waals surface area contributed by atoms with E-state index in [9.17, 15) is 0 Å². The molecule has 0 saturated carbocycles. The van der Waals surface area contributed by atoms with Crippen LogP contribution in [0.3, 0.4) is 0 Å². The number of nitrogens with one attached hydrogen (secondary N) is 1. The van der Waals surface area contributed by atoms with Crippen molar-refractivity contribution >= 4 is 5.82 Å². The predicted octanol–water partition coefficient (Wildman–Crippen LogP) is 1.10. The third kappa shape index (κ3) is 3.97. The van der Waals surface area contributed by atoms with Gasteiger partial charge in [-0.1, -0.05) is 0 Å². The molecule has 0 amide bonds. The molecule has 2 rings (SSSR count). The third-order valence-corrected chi connectivity index (χ3v) is 2.66. The Hall–Kier alpha value is -2.05. The number of anilines is 1. The van der Waals surface area contributed by atoms with E-state index in [0.717, 1.165) is 18.1 Å². The van der Waals surface area contributed by atoms with Crippen molar-refractivity contribution in [3.8, 4) is 0 Å². The van der Waals surface area contributed by atoms with Gasteiger partial charge in [0.1, 0.15) is 11.6 Å². The first-order valence-electron chi connectivity index (χ1n) is 6.06. The molecule has 6 nitrogen and oxygen atoms in total. The van der Waals surface area contributed by atoms with Crippen LogP contribution in [-0.4, -0.2) is 26.9 Å². The lowest BCUT2D eigenvalue weighted by Gasteiger charge is -2.16. The lowest BCUT2D eigenvalue weighted by Crippen LogP contribution is -2.20. The Kier molecular flexibility index (Phi) is 4.38. The Labute approximate surface area is 112 Å². The van der Waals surface area contributed by atoms with Gasteiger partial charge in [0, 0.05) is 30.7 Å². The molecule has 3 N–H and O–H groups in total. The molecule has 0 aliphatic rings. The van der Waals surface area contributed by atoms with Crippen molar-refractivity contribution < 1.29 is 0 Å². The van der Waals surface area contributed by atoms with Crippen molar-refractivity contribution in [3.05, 3.63) is 47.7 Å². The van der Waals surface area contributed by atoms with Crippen molar-refractivity contribution in [2.45, 2.75) is 20.0 Å². The summed E-state index contributed by atoms with van der Waals surface area (Å²) in [4.78, 5) is 14.9. The van der Waals surface area contributed by atoms with E-state index in [4.69, 9.17) is 5.84 Å². The minimum atomic E-state index is 0.639. The molecule has 19 heavy (non-hydrogen) atoms. The Morgan fingerprint density at radius 2 is 1.95 bits per heavy atom. The van der Waals surface area contributed by atoms with Crippen LogP contribution in [-0.2, 0) is 13.1 Å². The van der Waals surface area contributed by atoms with E-state index in [-0.39, 0.29) is 0 Å². The van der Waals surface area contributed by atoms with Crippen molar-refractivity contribution in [1.82, 2.24) is 19.9 Å². The standard InChI is InChI=1S/C13H18N6/c1-10-7-12(18-14)17-13(16-10)9-19(2)8-11-3-5-15-6-4-11/h3-7H,8-9,14H2,1-2H3,(H,16,17,18). The summed E-state index contributed by atoms with van der Waals surface area (Å²) in [5.41, 5.74) is 4.66. The molecule has 0 aliphatic carbocycles. The van der Waals surface area contributed by atoms with E-state index < -0.39 is 0 Å². The molecule has 2 aromatic rings. The summed E-state index contributed by atoms with van der Waals surface area (Å²) in [5, 5.41) is 0. The fourth-order valence-electron chi connectivity index (χ4n) is 1.87. The zero-order valence-electron chi connectivity index (χ0n) is 11.2. The van der Waals surface area contributed by atoms with Gasteiger partial charge in [-0.15, -0.1) is 0 Å². The summed E-state index contributed by atoms with van der Waals surface area (Å²) in [5.74, 6) is 6.77. The van der Waals surface area contributed by atoms with Gasteiger partial charge in [-0.05, 0) is 31.7 Å². The Bertz CT molecular complexity index is 528. The van der Waals surface area contributed by atoms with Crippen LogP contribution in [0.4, 0.5) is 5.82 Å². The summed E-state index contributed by atoms with van der Waals surface area (Å²) in [6, 6.07) is 5.81. The topological polar surface area (TPSA) is 80.0 Å². The first-order valence-corrected chi connectivity index (χ1v) is 6.06. The van der Waals surface area contributed by atoms with Crippen LogP contribution in [0.2, 0.25) is 0 Å². The van der Waals surface area contributed by atoms with E-state index in [2.05, 4.69) is 25.3 Å². The van der Waals surface area contributed by atoms with Crippen LogP contribution in [0, 0.1) is 6.92 Å². The molecule has 0 unspecified atom stereocenters. The molecule has 0 atom stereocenters. The summed E-state index contributed by atoms with van der Waals surface area (Å²) in [6.07, 6.45) is 3.59. The fourth-order valence-corrected chi connectivity index (χ4v) is 1.87. The van der Waals surface area contributed by atoms with E-state index in [1.807, 2.05) is 32.2 Å². The van der Waals surface area contributed by atoms with E-state index >= 15 is 0 Å². The second-order valence-electron chi connectivity index (χ2n) is 4.48. The molecule has 0 aliphatic heterocycles. The van der Waals surface area contributed by atoms with Gasteiger partial charge >= 0.3 is 0 Å². The summed E-state index contributed by atoms with van der Waals surface area (Å²) in [6.45, 7) is 3.42. The first kappa shape index (κ1) is 13.4. The lowest BCUT2D eigenvalue weighted by atomic mass is 10.2. The van der Waals surface area contributed by atoms with Crippen LogP contribution in [0.1, 0.15) is 17.1 Å². The molecule has 2 aromatic heterocycles. The van der Waals surface area contributed by atoms with E-state index in [0.29, 0.717) is 12.4 Å². The SMILES string of the molecule is Cc1cc(NN)nc(CN(C)Cc2ccncc2)n1.